The minimum absolute atomic E-state index is 0.295. The van der Waals surface area contributed by atoms with Crippen LogP contribution in [0.1, 0.15) is 57.8 Å². The molecule has 0 aromatic carbocycles. The quantitative estimate of drug-likeness (QED) is 0.663. The molecule has 0 heterocycles. The summed E-state index contributed by atoms with van der Waals surface area (Å²) in [5, 5.41) is 8.44. The Hall–Kier alpha value is -0.570. The third kappa shape index (κ3) is 6.50. The van der Waals surface area contributed by atoms with Crippen LogP contribution in [0.2, 0.25) is 0 Å². The summed E-state index contributed by atoms with van der Waals surface area (Å²) in [6, 6.07) is 0. The predicted octanol–water partition coefficient (Wildman–Crippen LogP) is 2.98. The van der Waals surface area contributed by atoms with Crippen molar-refractivity contribution in [3.8, 4) is 0 Å². The van der Waals surface area contributed by atoms with Crippen LogP contribution in [0, 0.1) is 0 Å². The maximum atomic E-state index is 10.2. The second-order valence-corrected chi connectivity index (χ2v) is 4.34. The Bertz CT molecular complexity index is 174. The molecular formula is C12H22O3. The van der Waals surface area contributed by atoms with E-state index in [0.717, 1.165) is 25.9 Å². The van der Waals surface area contributed by atoms with Crippen LogP contribution in [0.15, 0.2) is 0 Å². The fourth-order valence-corrected chi connectivity index (χ4v) is 2.04. The number of carboxylic acid groups (broad SMARTS) is 1. The summed E-state index contributed by atoms with van der Waals surface area (Å²) in [6.45, 7) is 0.810. The Morgan fingerprint density at radius 1 is 1.13 bits per heavy atom. The van der Waals surface area contributed by atoms with Gasteiger partial charge in [0.25, 0.3) is 0 Å². The van der Waals surface area contributed by atoms with E-state index in [4.69, 9.17) is 9.84 Å². The second-order valence-electron chi connectivity index (χ2n) is 4.34. The second kappa shape index (κ2) is 7.69. The van der Waals surface area contributed by atoms with Gasteiger partial charge in [0.05, 0.1) is 6.10 Å². The van der Waals surface area contributed by atoms with Crippen molar-refractivity contribution >= 4 is 5.97 Å². The number of ether oxygens (including phenoxy) is 1. The Morgan fingerprint density at radius 3 is 2.53 bits per heavy atom. The van der Waals surface area contributed by atoms with Gasteiger partial charge in [0.15, 0.2) is 0 Å². The Kier molecular flexibility index (Phi) is 6.41. The molecule has 15 heavy (non-hydrogen) atoms. The van der Waals surface area contributed by atoms with Crippen LogP contribution in [0.4, 0.5) is 0 Å². The number of aliphatic carboxylic acids is 1. The van der Waals surface area contributed by atoms with E-state index in [1.807, 2.05) is 0 Å². The first-order chi connectivity index (χ1) is 7.29. The van der Waals surface area contributed by atoms with E-state index in [9.17, 15) is 4.79 Å². The van der Waals surface area contributed by atoms with Crippen molar-refractivity contribution in [2.45, 2.75) is 63.9 Å². The van der Waals surface area contributed by atoms with Crippen molar-refractivity contribution in [2.24, 2.45) is 0 Å². The number of carboxylic acids is 1. The van der Waals surface area contributed by atoms with Crippen LogP contribution in [0.3, 0.4) is 0 Å². The molecule has 1 fully saturated rings. The van der Waals surface area contributed by atoms with E-state index in [1.165, 1.54) is 32.1 Å². The number of carbonyl (C=O) groups is 1. The molecule has 1 N–H and O–H groups in total. The smallest absolute Gasteiger partial charge is 0.303 e. The van der Waals surface area contributed by atoms with Gasteiger partial charge in [-0.1, -0.05) is 25.7 Å². The summed E-state index contributed by atoms with van der Waals surface area (Å²) in [5.74, 6) is -0.691. The molecule has 0 radical (unpaired) electrons. The summed E-state index contributed by atoms with van der Waals surface area (Å²) in [5.41, 5.74) is 0. The van der Waals surface area contributed by atoms with Gasteiger partial charge in [-0.05, 0) is 25.7 Å². The fourth-order valence-electron chi connectivity index (χ4n) is 2.04. The van der Waals surface area contributed by atoms with Crippen LogP contribution >= 0.6 is 0 Å². The van der Waals surface area contributed by atoms with Crippen LogP contribution in [0.5, 0.6) is 0 Å². The monoisotopic (exact) mass is 214 g/mol. The minimum Gasteiger partial charge on any atom is -0.481 e. The predicted molar refractivity (Wildman–Crippen MR) is 58.9 cm³/mol. The molecule has 0 aromatic heterocycles. The molecule has 1 aliphatic carbocycles. The van der Waals surface area contributed by atoms with Crippen molar-refractivity contribution in [1.82, 2.24) is 0 Å². The SMILES string of the molecule is O=C(O)CCCCCOC1CCCCC1. The van der Waals surface area contributed by atoms with E-state index in [1.54, 1.807) is 0 Å². The molecule has 1 aliphatic rings. The third-order valence-electron chi connectivity index (χ3n) is 2.94. The minimum atomic E-state index is -0.691. The van der Waals surface area contributed by atoms with Crippen LogP contribution in [0.25, 0.3) is 0 Å². The zero-order chi connectivity index (χ0) is 10.9. The Morgan fingerprint density at radius 2 is 1.87 bits per heavy atom. The lowest BCUT2D eigenvalue weighted by molar-refractivity contribution is -0.137. The summed E-state index contributed by atoms with van der Waals surface area (Å²) in [4.78, 5) is 10.2. The van der Waals surface area contributed by atoms with Crippen LogP contribution < -0.4 is 0 Å². The summed E-state index contributed by atoms with van der Waals surface area (Å²) in [6.07, 6.45) is 9.95. The van der Waals surface area contributed by atoms with Gasteiger partial charge in [0.2, 0.25) is 0 Å². The van der Waals surface area contributed by atoms with E-state index in [-0.39, 0.29) is 0 Å². The Labute approximate surface area is 91.8 Å². The molecule has 3 nitrogen and oxygen atoms in total. The molecule has 0 unspecified atom stereocenters. The molecule has 1 saturated carbocycles. The van der Waals surface area contributed by atoms with E-state index in [0.29, 0.717) is 12.5 Å². The number of unbranched alkanes of at least 4 members (excludes halogenated alkanes) is 2. The standard InChI is InChI=1S/C12H22O3/c13-12(14)9-5-2-6-10-15-11-7-3-1-4-8-11/h11H,1-10H2,(H,13,14). The van der Waals surface area contributed by atoms with Crippen molar-refractivity contribution in [1.29, 1.82) is 0 Å². The fraction of sp³-hybridized carbons (Fsp3) is 0.917. The molecule has 0 saturated heterocycles. The summed E-state index contributed by atoms with van der Waals surface area (Å²) >= 11 is 0. The number of rotatable bonds is 7. The van der Waals surface area contributed by atoms with Crippen LogP contribution in [-0.4, -0.2) is 23.8 Å². The molecule has 0 spiro atoms. The molecule has 0 atom stereocenters. The van der Waals surface area contributed by atoms with Gasteiger partial charge in [0, 0.05) is 13.0 Å². The zero-order valence-corrected chi connectivity index (χ0v) is 9.41. The maximum absolute atomic E-state index is 10.2. The van der Waals surface area contributed by atoms with E-state index in [2.05, 4.69) is 0 Å². The number of hydrogen-bond donors (Lipinski definition) is 1. The molecule has 0 aromatic rings. The lowest BCUT2D eigenvalue weighted by Crippen LogP contribution is -2.17. The van der Waals surface area contributed by atoms with Gasteiger partial charge in [0.1, 0.15) is 0 Å². The zero-order valence-electron chi connectivity index (χ0n) is 9.41. The number of hydrogen-bond acceptors (Lipinski definition) is 2. The van der Waals surface area contributed by atoms with Gasteiger partial charge in [-0.25, -0.2) is 0 Å². The first kappa shape index (κ1) is 12.5. The lowest BCUT2D eigenvalue weighted by atomic mass is 9.98. The average molecular weight is 214 g/mol. The summed E-state index contributed by atoms with van der Waals surface area (Å²) < 4.78 is 5.74. The highest BCUT2D eigenvalue weighted by Gasteiger charge is 2.12. The van der Waals surface area contributed by atoms with Crippen LogP contribution in [-0.2, 0) is 9.53 Å². The molecule has 1 rings (SSSR count). The van der Waals surface area contributed by atoms with Crippen molar-refractivity contribution in [3.63, 3.8) is 0 Å². The Balaban J connectivity index is 1.85. The molecule has 3 heteroatoms. The van der Waals surface area contributed by atoms with Gasteiger partial charge in [-0.2, -0.15) is 0 Å². The molecule has 0 amide bonds. The average Bonchev–Trinajstić information content (AvgIpc) is 2.24. The normalized spacial score (nSPS) is 17.9. The van der Waals surface area contributed by atoms with Gasteiger partial charge in [-0.3, -0.25) is 4.79 Å². The topological polar surface area (TPSA) is 46.5 Å². The highest BCUT2D eigenvalue weighted by molar-refractivity contribution is 5.66. The first-order valence-corrected chi connectivity index (χ1v) is 6.12. The molecule has 0 aliphatic heterocycles. The summed E-state index contributed by atoms with van der Waals surface area (Å²) in [7, 11) is 0. The van der Waals surface area contributed by atoms with E-state index < -0.39 is 5.97 Å². The lowest BCUT2D eigenvalue weighted by Gasteiger charge is -2.21. The van der Waals surface area contributed by atoms with E-state index >= 15 is 0 Å². The maximum Gasteiger partial charge on any atom is 0.303 e. The molecule has 88 valence electrons. The van der Waals surface area contributed by atoms with Gasteiger partial charge >= 0.3 is 5.97 Å². The van der Waals surface area contributed by atoms with Gasteiger partial charge in [-0.15, -0.1) is 0 Å². The third-order valence-corrected chi connectivity index (χ3v) is 2.94. The van der Waals surface area contributed by atoms with Gasteiger partial charge < -0.3 is 9.84 Å². The van der Waals surface area contributed by atoms with Crippen molar-refractivity contribution < 1.29 is 14.6 Å². The largest absolute Gasteiger partial charge is 0.481 e. The highest BCUT2D eigenvalue weighted by atomic mass is 16.5. The van der Waals surface area contributed by atoms with Crippen molar-refractivity contribution in [3.05, 3.63) is 0 Å². The van der Waals surface area contributed by atoms with Crippen molar-refractivity contribution in [2.75, 3.05) is 6.61 Å². The molecule has 0 bridgehead atoms. The first-order valence-electron chi connectivity index (χ1n) is 6.12. The highest BCUT2D eigenvalue weighted by Crippen LogP contribution is 2.20. The molecular weight excluding hydrogens is 192 g/mol.